The van der Waals surface area contributed by atoms with Gasteiger partial charge in [-0.2, -0.15) is 0 Å². The van der Waals surface area contributed by atoms with Crippen molar-refractivity contribution in [3.05, 3.63) is 148 Å². The smallest absolute Gasteiger partial charge is 0.326 e. The molecule has 2 aliphatic heterocycles. The van der Waals surface area contributed by atoms with Crippen molar-refractivity contribution >= 4 is 59.2 Å². The van der Waals surface area contributed by atoms with E-state index in [1.807, 2.05) is 54.6 Å². The number of hydrogen-bond donors (Lipinski definition) is 2. The zero-order chi connectivity index (χ0) is 42.6. The number of nitrogens with one attached hydrogen (secondary N) is 2. The van der Waals surface area contributed by atoms with Crippen LogP contribution in [0.3, 0.4) is 0 Å². The van der Waals surface area contributed by atoms with Crippen LogP contribution in [0.4, 0.5) is 17.1 Å². The van der Waals surface area contributed by atoms with Gasteiger partial charge in [-0.05, 0) is 90.7 Å². The molecule has 0 bridgehead atoms. The van der Waals surface area contributed by atoms with Crippen LogP contribution in [0.2, 0.25) is 5.02 Å². The average molecular weight is 883 g/mol. The van der Waals surface area contributed by atoms with Crippen LogP contribution in [0.1, 0.15) is 29.3 Å². The summed E-state index contributed by atoms with van der Waals surface area (Å²) in [5.41, 5.74) is 4.94. The second kappa shape index (κ2) is 21.4. The predicted molar refractivity (Wildman–Crippen MR) is 247 cm³/mol. The first-order chi connectivity index (χ1) is 29.7. The summed E-state index contributed by atoms with van der Waals surface area (Å²) in [6, 6.07) is 37.9. The molecular weight excluding hydrogens is 831 g/mol. The Balaban J connectivity index is 0.988. The number of piperazine rings is 1. The molecule has 61 heavy (non-hydrogen) atoms. The van der Waals surface area contributed by atoms with Gasteiger partial charge in [0.2, 0.25) is 0 Å². The van der Waals surface area contributed by atoms with E-state index in [0.717, 1.165) is 74.9 Å². The molecular formula is C46H52ClN6O6PS. The molecule has 2 aliphatic rings. The highest BCUT2D eigenvalue weighted by molar-refractivity contribution is 7.99. The van der Waals surface area contributed by atoms with Gasteiger partial charge in [0.25, 0.3) is 11.6 Å². The van der Waals surface area contributed by atoms with Crippen molar-refractivity contribution in [3.63, 3.8) is 0 Å². The number of ether oxygens (including phenoxy) is 1. The van der Waals surface area contributed by atoms with E-state index in [0.29, 0.717) is 35.2 Å². The maximum absolute atomic E-state index is 14.4. The fourth-order valence-corrected chi connectivity index (χ4v) is 10.4. The number of amides is 1. The zero-order valence-corrected chi connectivity index (χ0v) is 36.8. The third-order valence-electron chi connectivity index (χ3n) is 11.0. The van der Waals surface area contributed by atoms with E-state index in [1.165, 1.54) is 23.3 Å². The van der Waals surface area contributed by atoms with Crippen LogP contribution in [0.25, 0.3) is 11.1 Å². The van der Waals surface area contributed by atoms with E-state index >= 15 is 0 Å². The van der Waals surface area contributed by atoms with Crippen molar-refractivity contribution in [3.8, 4) is 11.1 Å². The Bertz CT molecular complexity index is 2280. The number of carbonyl (C=O) groups excluding carboxylic acids is 1. The van der Waals surface area contributed by atoms with E-state index in [2.05, 4.69) is 61.5 Å². The first kappa shape index (κ1) is 44.3. The Hall–Kier alpha value is -4.72. The van der Waals surface area contributed by atoms with Crippen molar-refractivity contribution in [2.75, 3.05) is 81.6 Å². The minimum absolute atomic E-state index is 0.0172. The summed E-state index contributed by atoms with van der Waals surface area (Å²) >= 11 is 7.82. The summed E-state index contributed by atoms with van der Waals surface area (Å²) in [5.74, 6) is 0.0786. The van der Waals surface area contributed by atoms with E-state index in [4.69, 9.17) is 20.9 Å². The van der Waals surface area contributed by atoms with E-state index in [1.54, 1.807) is 36.9 Å². The molecule has 2 heterocycles. The molecule has 0 aromatic heterocycles. The molecule has 0 spiro atoms. The van der Waals surface area contributed by atoms with Crippen LogP contribution in [-0.2, 0) is 20.4 Å². The first-order valence-corrected chi connectivity index (χ1v) is 23.7. The topological polar surface area (TPSA) is 130 Å². The molecule has 15 heteroatoms. The molecule has 0 radical (unpaired) electrons. The molecule has 5 aromatic rings. The normalized spacial score (nSPS) is 16.4. The van der Waals surface area contributed by atoms with Gasteiger partial charge in [-0.25, -0.2) is 0 Å². The Morgan fingerprint density at radius 2 is 1.59 bits per heavy atom. The molecule has 0 unspecified atom stereocenters. The largest absolute Gasteiger partial charge is 0.379 e. The number of nitro groups is 1. The van der Waals surface area contributed by atoms with Crippen LogP contribution in [0.5, 0.6) is 0 Å². The Morgan fingerprint density at radius 3 is 2.30 bits per heavy atom. The number of nitro benzene ring substituents is 1. The SMILES string of the molecule is CCO[P@](=O)(NC(=O)c1ccc(N2CCN(Cc3ccccc3-c3ccc(Cl)cc3)CC2)cc1)c1ccc(N[C@H](CCN2CCOCC2)CSc2ccccc2)c([N+](=O)[O-])c1. The van der Waals surface area contributed by atoms with Crippen molar-refractivity contribution in [1.82, 2.24) is 14.9 Å². The molecule has 12 nitrogen and oxygen atoms in total. The number of halogens is 1. The van der Waals surface area contributed by atoms with Crippen molar-refractivity contribution in [2.45, 2.75) is 30.8 Å². The van der Waals surface area contributed by atoms with E-state index < -0.39 is 18.4 Å². The van der Waals surface area contributed by atoms with Gasteiger partial charge in [0.1, 0.15) is 5.69 Å². The standard InChI is InChI=1S/C46H52ClN6O6PS/c1-2-59-60(57,41-20-21-44(45(32-41)53(55)56)48-39(22-23-50-28-30-58-31-29-50)34-61-42-9-4-3-5-10-42)49-46(54)36-14-18-40(19-15-36)52-26-24-51(25-27-52)33-37-8-6-7-11-43(37)35-12-16-38(47)17-13-35/h3-21,32,39,48H,2,22-31,33-34H2,1H3,(H,49,54,57)/t39-,60+/m1/s1. The molecule has 5 aromatic carbocycles. The van der Waals surface area contributed by atoms with Gasteiger partial charge in [-0.15, -0.1) is 11.8 Å². The zero-order valence-electron chi connectivity index (χ0n) is 34.3. The Kier molecular flexibility index (Phi) is 15.5. The molecule has 1 amide bonds. The minimum atomic E-state index is -4.07. The molecule has 0 aliphatic carbocycles. The fourth-order valence-electron chi connectivity index (χ4n) is 7.62. The summed E-state index contributed by atoms with van der Waals surface area (Å²) in [7, 11) is -4.07. The van der Waals surface area contributed by atoms with Gasteiger partial charge < -0.3 is 19.5 Å². The number of morpholine rings is 1. The second-order valence-electron chi connectivity index (χ2n) is 15.1. The molecule has 320 valence electrons. The number of nitrogens with zero attached hydrogens (tertiary/aromatic N) is 4. The number of benzene rings is 5. The number of hydrogen-bond acceptors (Lipinski definition) is 11. The van der Waals surface area contributed by atoms with Crippen LogP contribution in [0.15, 0.2) is 126 Å². The highest BCUT2D eigenvalue weighted by atomic mass is 35.5. The van der Waals surface area contributed by atoms with Gasteiger partial charge >= 0.3 is 7.52 Å². The monoisotopic (exact) mass is 882 g/mol. The molecule has 0 saturated carbocycles. The van der Waals surface area contributed by atoms with Crippen LogP contribution >= 0.6 is 30.9 Å². The molecule has 2 N–H and O–H groups in total. The summed E-state index contributed by atoms with van der Waals surface area (Å²) in [6.07, 6.45) is 0.752. The lowest BCUT2D eigenvalue weighted by Crippen LogP contribution is -2.46. The van der Waals surface area contributed by atoms with Crippen molar-refractivity contribution < 1.29 is 23.5 Å². The van der Waals surface area contributed by atoms with Crippen LogP contribution < -0.4 is 20.6 Å². The Morgan fingerprint density at radius 1 is 0.885 bits per heavy atom. The lowest BCUT2D eigenvalue weighted by Gasteiger charge is -2.36. The summed E-state index contributed by atoms with van der Waals surface area (Å²) in [6.45, 7) is 9.77. The summed E-state index contributed by atoms with van der Waals surface area (Å²) in [4.78, 5) is 33.8. The number of thioether (sulfide) groups is 1. The fraction of sp³-hybridized carbons (Fsp3) is 0.326. The third kappa shape index (κ3) is 12.0. The number of anilines is 2. The van der Waals surface area contributed by atoms with Crippen LogP contribution in [0, 0.1) is 10.1 Å². The van der Waals surface area contributed by atoms with Gasteiger partial charge in [0.15, 0.2) is 0 Å². The quantitative estimate of drug-likeness (QED) is 0.0379. The lowest BCUT2D eigenvalue weighted by atomic mass is 9.99. The van der Waals surface area contributed by atoms with Gasteiger partial charge in [0, 0.05) is 91.4 Å². The maximum Gasteiger partial charge on any atom is 0.326 e. The number of carbonyl (C=O) groups is 1. The lowest BCUT2D eigenvalue weighted by molar-refractivity contribution is -0.383. The summed E-state index contributed by atoms with van der Waals surface area (Å²) < 4.78 is 25.6. The third-order valence-corrected chi connectivity index (χ3v) is 14.5. The molecule has 2 fully saturated rings. The van der Waals surface area contributed by atoms with E-state index in [9.17, 15) is 19.5 Å². The van der Waals surface area contributed by atoms with Crippen LogP contribution in [-0.4, -0.2) is 98.1 Å². The Labute approximate surface area is 367 Å². The molecule has 7 rings (SSSR count). The predicted octanol–water partition coefficient (Wildman–Crippen LogP) is 8.82. The second-order valence-corrected chi connectivity index (χ2v) is 18.7. The highest BCUT2D eigenvalue weighted by Gasteiger charge is 2.32. The average Bonchev–Trinajstić information content (AvgIpc) is 3.29. The molecule has 2 atom stereocenters. The van der Waals surface area contributed by atoms with Gasteiger partial charge in [-0.1, -0.05) is 66.2 Å². The highest BCUT2D eigenvalue weighted by Crippen LogP contribution is 2.43. The van der Waals surface area contributed by atoms with Crippen molar-refractivity contribution in [1.29, 1.82) is 0 Å². The molecule has 2 saturated heterocycles. The maximum atomic E-state index is 14.4. The van der Waals surface area contributed by atoms with Gasteiger partial charge in [-0.3, -0.25) is 34.4 Å². The van der Waals surface area contributed by atoms with Gasteiger partial charge in [0.05, 0.1) is 30.0 Å². The van der Waals surface area contributed by atoms with Crippen molar-refractivity contribution in [2.24, 2.45) is 0 Å². The summed E-state index contributed by atoms with van der Waals surface area (Å²) in [5, 5.41) is 19.3. The first-order valence-electron chi connectivity index (χ1n) is 20.7. The van der Waals surface area contributed by atoms with E-state index in [-0.39, 0.29) is 23.6 Å². The minimum Gasteiger partial charge on any atom is -0.379 e. The number of rotatable bonds is 18.